The van der Waals surface area contributed by atoms with Crippen LogP contribution in [0, 0.1) is 17.8 Å². The van der Waals surface area contributed by atoms with Crippen LogP contribution in [0.25, 0.3) is 22.2 Å². The number of benzene rings is 2. The summed E-state index contributed by atoms with van der Waals surface area (Å²) in [7, 11) is 3.50. The first-order chi connectivity index (χ1) is 21.0. The molecule has 0 atom stereocenters. The molecule has 2 amide bonds. The molecule has 2 aromatic carbocycles. The van der Waals surface area contributed by atoms with E-state index >= 15 is 0 Å². The fraction of sp³-hybridized carbons (Fsp3) is 0.353. The lowest BCUT2D eigenvalue weighted by molar-refractivity contribution is -0.133. The van der Waals surface area contributed by atoms with Crippen molar-refractivity contribution in [2.45, 2.75) is 39.2 Å². The van der Waals surface area contributed by atoms with E-state index in [-0.39, 0.29) is 18.4 Å². The zero-order valence-electron chi connectivity index (χ0n) is 25.8. The average molecular weight is 595 g/mol. The number of piperidine rings is 1. The van der Waals surface area contributed by atoms with E-state index in [0.717, 1.165) is 46.5 Å². The number of nitrogens with two attached hydrogens (primary N) is 1. The fourth-order valence-corrected chi connectivity index (χ4v) is 5.17. The molecule has 1 saturated heterocycles. The molecule has 10 heteroatoms. The van der Waals surface area contributed by atoms with Crippen LogP contribution in [0.5, 0.6) is 11.5 Å². The summed E-state index contributed by atoms with van der Waals surface area (Å²) in [6, 6.07) is 17.5. The summed E-state index contributed by atoms with van der Waals surface area (Å²) in [5.74, 6) is 8.75. The third-order valence-corrected chi connectivity index (χ3v) is 7.44. The summed E-state index contributed by atoms with van der Waals surface area (Å²) in [4.78, 5) is 37.0. The molecule has 2 aromatic heterocycles. The van der Waals surface area contributed by atoms with Gasteiger partial charge in [0.25, 0.3) is 0 Å². The van der Waals surface area contributed by atoms with Crippen LogP contribution >= 0.6 is 0 Å². The van der Waals surface area contributed by atoms with E-state index in [1.54, 1.807) is 32.7 Å². The van der Waals surface area contributed by atoms with Crippen molar-refractivity contribution in [1.82, 2.24) is 24.3 Å². The van der Waals surface area contributed by atoms with Gasteiger partial charge in [0.1, 0.15) is 47.1 Å². The number of hydrogen-bond acceptors (Lipinski definition) is 7. The minimum atomic E-state index is -0.617. The molecule has 1 fully saturated rings. The van der Waals surface area contributed by atoms with Gasteiger partial charge >= 0.3 is 6.09 Å². The maximum absolute atomic E-state index is 12.9. The van der Waals surface area contributed by atoms with Crippen LogP contribution in [0.2, 0.25) is 0 Å². The lowest BCUT2D eigenvalue weighted by Gasteiger charge is -2.31. The van der Waals surface area contributed by atoms with E-state index in [2.05, 4.69) is 21.8 Å². The molecule has 0 bridgehead atoms. The molecule has 10 nitrogen and oxygen atoms in total. The van der Waals surface area contributed by atoms with Crippen LogP contribution < -0.4 is 10.5 Å². The summed E-state index contributed by atoms with van der Waals surface area (Å²) in [6.45, 7) is 6.52. The Morgan fingerprint density at radius 3 is 2.34 bits per heavy atom. The maximum Gasteiger partial charge on any atom is 0.410 e. The minimum Gasteiger partial charge on any atom is -0.457 e. The molecule has 5 rings (SSSR count). The summed E-state index contributed by atoms with van der Waals surface area (Å²) >= 11 is 0. The van der Waals surface area contributed by atoms with Gasteiger partial charge in [-0.3, -0.25) is 4.79 Å². The Labute approximate surface area is 257 Å². The summed E-state index contributed by atoms with van der Waals surface area (Å²) in [6.07, 6.45) is 2.42. The lowest BCUT2D eigenvalue weighted by Crippen LogP contribution is -2.45. The molecule has 0 radical (unpaired) electrons. The Kier molecular flexibility index (Phi) is 8.76. The molecule has 4 aromatic rings. The topological polar surface area (TPSA) is 116 Å². The molecule has 0 aliphatic carbocycles. The number of fused-ring (bicyclic) bond motifs is 1. The van der Waals surface area contributed by atoms with Crippen molar-refractivity contribution in [1.29, 1.82) is 0 Å². The number of para-hydroxylation sites is 1. The van der Waals surface area contributed by atoms with Gasteiger partial charge in [-0.1, -0.05) is 36.3 Å². The molecule has 0 unspecified atom stereocenters. The highest BCUT2D eigenvalue weighted by Gasteiger charge is 2.26. The molecule has 2 N–H and O–H groups in total. The van der Waals surface area contributed by atoms with Crippen LogP contribution in [0.15, 0.2) is 60.9 Å². The lowest BCUT2D eigenvalue weighted by atomic mass is 9.96. The van der Waals surface area contributed by atoms with Crippen LogP contribution in [0.4, 0.5) is 10.6 Å². The molecule has 228 valence electrons. The number of rotatable bonds is 5. The van der Waals surface area contributed by atoms with Gasteiger partial charge in [0.15, 0.2) is 0 Å². The second-order valence-corrected chi connectivity index (χ2v) is 11.9. The standard InChI is InChI=1S/C34H38N6O4/c1-34(2,3)44-33(42)38(4)21-28(41)40-19-17-23(18-20-40)11-16-27-29(30-31(35)36-22-37-32(30)39(27)5)24-12-14-26(15-13-24)43-25-9-7-6-8-10-25/h6-10,12-15,22-23H,17-21H2,1-5H3,(H2,35,36,37). The number of amides is 2. The Bertz CT molecular complexity index is 1710. The van der Waals surface area contributed by atoms with Gasteiger partial charge in [-0.15, -0.1) is 0 Å². The monoisotopic (exact) mass is 594 g/mol. The van der Waals surface area contributed by atoms with Gasteiger partial charge < -0.3 is 29.6 Å². The van der Waals surface area contributed by atoms with Crippen molar-refractivity contribution >= 4 is 28.9 Å². The summed E-state index contributed by atoms with van der Waals surface area (Å²) in [5.41, 5.74) is 9.05. The number of likely N-dealkylation sites (N-methyl/N-ethyl adjacent to an activating group) is 1. The predicted molar refractivity (Wildman–Crippen MR) is 170 cm³/mol. The van der Waals surface area contributed by atoms with Crippen molar-refractivity contribution in [3.8, 4) is 34.5 Å². The van der Waals surface area contributed by atoms with Gasteiger partial charge in [-0.05, 0) is 69.4 Å². The Balaban J connectivity index is 1.32. The zero-order valence-corrected chi connectivity index (χ0v) is 25.8. The normalized spacial score (nSPS) is 13.7. The van der Waals surface area contributed by atoms with Crippen LogP contribution in [-0.2, 0) is 16.6 Å². The van der Waals surface area contributed by atoms with Crippen molar-refractivity contribution in [3.05, 3.63) is 66.6 Å². The number of nitrogen functional groups attached to an aromatic ring is 1. The van der Waals surface area contributed by atoms with Gasteiger partial charge in [0.2, 0.25) is 5.91 Å². The van der Waals surface area contributed by atoms with Crippen LogP contribution in [-0.4, -0.2) is 68.6 Å². The quantitative estimate of drug-likeness (QED) is 0.305. The molecule has 0 saturated carbocycles. The van der Waals surface area contributed by atoms with E-state index < -0.39 is 11.7 Å². The third kappa shape index (κ3) is 6.94. The van der Waals surface area contributed by atoms with Crippen molar-refractivity contribution < 1.29 is 19.1 Å². The maximum atomic E-state index is 12.9. The number of nitrogens with zero attached hydrogens (tertiary/aromatic N) is 5. The molecular weight excluding hydrogens is 556 g/mol. The van der Waals surface area contributed by atoms with E-state index in [1.165, 1.54) is 11.2 Å². The molecule has 3 heterocycles. The molecule has 1 aliphatic heterocycles. The second-order valence-electron chi connectivity index (χ2n) is 11.9. The summed E-state index contributed by atoms with van der Waals surface area (Å²) in [5, 5.41) is 0.755. The molecule has 1 aliphatic rings. The first-order valence-electron chi connectivity index (χ1n) is 14.7. The van der Waals surface area contributed by atoms with E-state index in [9.17, 15) is 9.59 Å². The number of aryl methyl sites for hydroxylation is 1. The van der Waals surface area contributed by atoms with Crippen LogP contribution in [0.1, 0.15) is 39.3 Å². The van der Waals surface area contributed by atoms with Gasteiger partial charge in [0.05, 0.1) is 5.39 Å². The van der Waals surface area contributed by atoms with Gasteiger partial charge in [0, 0.05) is 38.7 Å². The van der Waals surface area contributed by atoms with E-state index in [4.69, 9.17) is 15.2 Å². The largest absolute Gasteiger partial charge is 0.457 e. The van der Waals surface area contributed by atoms with Crippen molar-refractivity contribution in [2.24, 2.45) is 13.0 Å². The number of hydrogen-bond donors (Lipinski definition) is 1. The first-order valence-corrected chi connectivity index (χ1v) is 14.7. The molecule has 44 heavy (non-hydrogen) atoms. The van der Waals surface area contributed by atoms with Gasteiger partial charge in [-0.2, -0.15) is 0 Å². The average Bonchev–Trinajstić information content (AvgIpc) is 3.28. The number of anilines is 1. The SMILES string of the molecule is CN(CC(=O)N1CCC(C#Cc2c(-c3ccc(Oc4ccccc4)cc3)c3c(N)ncnc3n2C)CC1)C(=O)OC(C)(C)C. The van der Waals surface area contributed by atoms with Crippen molar-refractivity contribution in [3.63, 3.8) is 0 Å². The number of carbonyl (C=O) groups excluding carboxylic acids is 2. The molecule has 0 spiro atoms. The Hall–Kier alpha value is -5.04. The Morgan fingerprint density at radius 1 is 1.02 bits per heavy atom. The minimum absolute atomic E-state index is 0.0256. The Morgan fingerprint density at radius 2 is 1.68 bits per heavy atom. The number of carbonyl (C=O) groups is 2. The fourth-order valence-electron chi connectivity index (χ4n) is 5.17. The first kappa shape index (κ1) is 30.4. The highest BCUT2D eigenvalue weighted by atomic mass is 16.6. The number of ether oxygens (including phenoxy) is 2. The second kappa shape index (κ2) is 12.7. The van der Waals surface area contributed by atoms with E-state index in [0.29, 0.717) is 24.6 Å². The number of likely N-dealkylation sites (tertiary alicyclic amines) is 1. The molecular formula is C34H38N6O4. The van der Waals surface area contributed by atoms with Crippen LogP contribution in [0.3, 0.4) is 0 Å². The summed E-state index contributed by atoms with van der Waals surface area (Å²) < 4.78 is 13.3. The highest BCUT2D eigenvalue weighted by molar-refractivity contribution is 6.03. The zero-order chi connectivity index (χ0) is 31.4. The highest BCUT2D eigenvalue weighted by Crippen LogP contribution is 2.37. The number of aromatic nitrogens is 3. The third-order valence-electron chi connectivity index (χ3n) is 7.44. The predicted octanol–water partition coefficient (Wildman–Crippen LogP) is 5.47. The van der Waals surface area contributed by atoms with E-state index in [1.807, 2.05) is 66.2 Å². The smallest absolute Gasteiger partial charge is 0.410 e. The van der Waals surface area contributed by atoms with Crippen molar-refractivity contribution in [2.75, 3.05) is 32.4 Å². The van der Waals surface area contributed by atoms with Gasteiger partial charge in [-0.25, -0.2) is 14.8 Å².